The van der Waals surface area contributed by atoms with Crippen LogP contribution in [-0.4, -0.2) is 15.7 Å². The van der Waals surface area contributed by atoms with Gasteiger partial charge in [-0.2, -0.15) is 18.3 Å². The summed E-state index contributed by atoms with van der Waals surface area (Å²) in [6.45, 7) is 0. The third-order valence-electron chi connectivity index (χ3n) is 2.51. The van der Waals surface area contributed by atoms with Crippen molar-refractivity contribution in [1.82, 2.24) is 9.78 Å². The Hall–Kier alpha value is -2.51. The van der Waals surface area contributed by atoms with Crippen LogP contribution in [0.2, 0.25) is 0 Å². The molecule has 1 amide bonds. The molecule has 0 spiro atoms. The molecule has 5 nitrogen and oxygen atoms in total. The summed E-state index contributed by atoms with van der Waals surface area (Å²) in [6.07, 6.45) is -3.03. The molecule has 0 saturated heterocycles. The number of nitrogens with zero attached hydrogens (tertiary/aromatic N) is 2. The molecule has 100 valence electrons. The van der Waals surface area contributed by atoms with E-state index in [9.17, 15) is 18.0 Å². The number of carbonyl (C=O) groups is 1. The van der Waals surface area contributed by atoms with Crippen LogP contribution in [0.15, 0.2) is 30.6 Å². The minimum Gasteiger partial charge on any atom is -0.396 e. The van der Waals surface area contributed by atoms with Crippen LogP contribution in [-0.2, 0) is 6.18 Å². The number of nitrogen functional groups attached to an aromatic ring is 1. The van der Waals surface area contributed by atoms with Gasteiger partial charge in [0.2, 0.25) is 0 Å². The maximum atomic E-state index is 12.5. The molecule has 2 aromatic rings. The zero-order valence-corrected chi connectivity index (χ0v) is 9.48. The van der Waals surface area contributed by atoms with Crippen molar-refractivity contribution in [2.24, 2.45) is 5.73 Å². The molecule has 0 radical (unpaired) electrons. The summed E-state index contributed by atoms with van der Waals surface area (Å²) in [4.78, 5) is 11.1. The van der Waals surface area contributed by atoms with E-state index in [0.29, 0.717) is 6.20 Å². The van der Waals surface area contributed by atoms with Gasteiger partial charge < -0.3 is 11.5 Å². The molecule has 1 aromatic heterocycles. The lowest BCUT2D eigenvalue weighted by atomic mass is 10.1. The summed E-state index contributed by atoms with van der Waals surface area (Å²) >= 11 is 0. The molecule has 0 aliphatic heterocycles. The lowest BCUT2D eigenvalue weighted by molar-refractivity contribution is -0.137. The number of nitrogens with two attached hydrogens (primary N) is 2. The molecule has 0 bridgehead atoms. The summed E-state index contributed by atoms with van der Waals surface area (Å²) < 4.78 is 38.3. The van der Waals surface area contributed by atoms with Crippen molar-refractivity contribution in [3.63, 3.8) is 0 Å². The van der Waals surface area contributed by atoms with Gasteiger partial charge in [0.15, 0.2) is 0 Å². The topological polar surface area (TPSA) is 86.9 Å². The van der Waals surface area contributed by atoms with E-state index in [0.717, 1.165) is 10.9 Å². The number of halogens is 3. The number of alkyl halides is 3. The second-order valence-electron chi connectivity index (χ2n) is 3.77. The zero-order valence-electron chi connectivity index (χ0n) is 9.48. The highest BCUT2D eigenvalue weighted by Gasteiger charge is 2.32. The average molecular weight is 270 g/mol. The predicted octanol–water partition coefficient (Wildman–Crippen LogP) is 1.57. The third kappa shape index (κ3) is 2.37. The quantitative estimate of drug-likeness (QED) is 0.812. The molecule has 0 saturated carbocycles. The Morgan fingerprint density at radius 2 is 2.00 bits per heavy atom. The maximum absolute atomic E-state index is 12.5. The molecular weight excluding hydrogens is 261 g/mol. The Labute approximate surface area is 105 Å². The monoisotopic (exact) mass is 270 g/mol. The van der Waals surface area contributed by atoms with E-state index in [1.807, 2.05) is 0 Å². The van der Waals surface area contributed by atoms with E-state index in [2.05, 4.69) is 5.10 Å². The largest absolute Gasteiger partial charge is 0.419 e. The second-order valence-corrected chi connectivity index (χ2v) is 3.77. The van der Waals surface area contributed by atoms with Crippen molar-refractivity contribution >= 4 is 11.6 Å². The molecule has 1 heterocycles. The number of aromatic nitrogens is 2. The SMILES string of the molecule is NC(=O)c1cccc(-n2cc(C(F)(F)F)cn2)c1N. The van der Waals surface area contributed by atoms with Gasteiger partial charge in [0.1, 0.15) is 0 Å². The Morgan fingerprint density at radius 3 is 2.53 bits per heavy atom. The molecule has 0 fully saturated rings. The fourth-order valence-corrected chi connectivity index (χ4v) is 1.57. The van der Waals surface area contributed by atoms with Crippen LogP contribution >= 0.6 is 0 Å². The van der Waals surface area contributed by atoms with Crippen LogP contribution < -0.4 is 11.5 Å². The van der Waals surface area contributed by atoms with Crippen LogP contribution in [0.3, 0.4) is 0 Å². The highest BCUT2D eigenvalue weighted by molar-refractivity contribution is 5.99. The molecule has 0 aliphatic rings. The summed E-state index contributed by atoms with van der Waals surface area (Å²) in [6, 6.07) is 4.28. The van der Waals surface area contributed by atoms with Crippen LogP contribution in [0.25, 0.3) is 5.69 Å². The molecule has 0 atom stereocenters. The Bertz CT molecular complexity index is 633. The van der Waals surface area contributed by atoms with Gasteiger partial charge >= 0.3 is 6.18 Å². The van der Waals surface area contributed by atoms with Crippen molar-refractivity contribution in [3.05, 3.63) is 41.7 Å². The van der Waals surface area contributed by atoms with Crippen molar-refractivity contribution in [1.29, 1.82) is 0 Å². The number of hydrogen-bond donors (Lipinski definition) is 2. The van der Waals surface area contributed by atoms with Gasteiger partial charge in [0, 0.05) is 6.20 Å². The highest BCUT2D eigenvalue weighted by Crippen LogP contribution is 2.30. The standard InChI is InChI=1S/C11H9F3N4O/c12-11(13,14)6-4-17-18(5-6)8-3-1-2-7(9(8)15)10(16)19/h1-5H,15H2,(H2,16,19). The maximum Gasteiger partial charge on any atom is 0.419 e. The van der Waals surface area contributed by atoms with Gasteiger partial charge in [0.05, 0.1) is 28.7 Å². The number of primary amides is 1. The molecule has 2 rings (SSSR count). The molecule has 8 heteroatoms. The summed E-state index contributed by atoms with van der Waals surface area (Å²) in [5.41, 5.74) is 10.1. The molecule has 1 aromatic carbocycles. The highest BCUT2D eigenvalue weighted by atomic mass is 19.4. The Morgan fingerprint density at radius 1 is 1.32 bits per heavy atom. The number of rotatable bonds is 2. The molecule has 19 heavy (non-hydrogen) atoms. The van der Waals surface area contributed by atoms with E-state index < -0.39 is 17.6 Å². The van der Waals surface area contributed by atoms with E-state index in [4.69, 9.17) is 11.5 Å². The van der Waals surface area contributed by atoms with Gasteiger partial charge in [-0.15, -0.1) is 0 Å². The first-order valence-corrected chi connectivity index (χ1v) is 5.11. The molecule has 0 unspecified atom stereocenters. The van der Waals surface area contributed by atoms with E-state index in [-0.39, 0.29) is 16.9 Å². The van der Waals surface area contributed by atoms with Crippen LogP contribution in [0.4, 0.5) is 18.9 Å². The number of hydrogen-bond acceptors (Lipinski definition) is 3. The fourth-order valence-electron chi connectivity index (χ4n) is 1.57. The minimum absolute atomic E-state index is 0.0215. The Kier molecular flexibility index (Phi) is 2.93. The number of anilines is 1. The van der Waals surface area contributed by atoms with Crippen molar-refractivity contribution in [2.75, 3.05) is 5.73 Å². The van der Waals surface area contributed by atoms with E-state index >= 15 is 0 Å². The van der Waals surface area contributed by atoms with E-state index in [1.165, 1.54) is 18.2 Å². The fraction of sp³-hybridized carbons (Fsp3) is 0.0909. The lowest BCUT2D eigenvalue weighted by Gasteiger charge is -2.08. The van der Waals surface area contributed by atoms with Crippen molar-refractivity contribution in [2.45, 2.75) is 6.18 Å². The van der Waals surface area contributed by atoms with Crippen LogP contribution in [0, 0.1) is 0 Å². The third-order valence-corrected chi connectivity index (χ3v) is 2.51. The molecular formula is C11H9F3N4O. The van der Waals surface area contributed by atoms with Crippen molar-refractivity contribution in [3.8, 4) is 5.69 Å². The minimum atomic E-state index is -4.49. The van der Waals surface area contributed by atoms with Crippen LogP contribution in [0.5, 0.6) is 0 Å². The normalized spacial score (nSPS) is 11.5. The number of para-hydroxylation sites is 1. The van der Waals surface area contributed by atoms with Gasteiger partial charge in [-0.25, -0.2) is 4.68 Å². The second kappa shape index (κ2) is 4.30. The van der Waals surface area contributed by atoms with Gasteiger partial charge in [-0.3, -0.25) is 4.79 Å². The van der Waals surface area contributed by atoms with Gasteiger partial charge in [0.25, 0.3) is 5.91 Å². The molecule has 4 N–H and O–H groups in total. The average Bonchev–Trinajstić information content (AvgIpc) is 2.77. The van der Waals surface area contributed by atoms with Gasteiger partial charge in [-0.1, -0.05) is 6.07 Å². The predicted molar refractivity (Wildman–Crippen MR) is 61.5 cm³/mol. The van der Waals surface area contributed by atoms with Crippen molar-refractivity contribution < 1.29 is 18.0 Å². The van der Waals surface area contributed by atoms with E-state index in [1.54, 1.807) is 0 Å². The first-order valence-electron chi connectivity index (χ1n) is 5.11. The number of carbonyl (C=O) groups excluding carboxylic acids is 1. The van der Waals surface area contributed by atoms with Gasteiger partial charge in [-0.05, 0) is 12.1 Å². The lowest BCUT2D eigenvalue weighted by Crippen LogP contribution is -2.15. The van der Waals surface area contributed by atoms with Crippen LogP contribution in [0.1, 0.15) is 15.9 Å². The Balaban J connectivity index is 2.51. The summed E-state index contributed by atoms with van der Waals surface area (Å²) in [5, 5.41) is 3.58. The number of benzene rings is 1. The molecule has 0 aliphatic carbocycles. The summed E-state index contributed by atoms with van der Waals surface area (Å²) in [5.74, 6) is -0.762. The number of amides is 1. The smallest absolute Gasteiger partial charge is 0.396 e. The first kappa shape index (κ1) is 12.9. The summed E-state index contributed by atoms with van der Waals surface area (Å²) in [7, 11) is 0. The zero-order chi connectivity index (χ0) is 14.2. The first-order chi connectivity index (χ1) is 8.80.